The number of rotatable bonds is 4. The van der Waals surface area contributed by atoms with Crippen LogP contribution in [0.15, 0.2) is 11.6 Å². The van der Waals surface area contributed by atoms with Gasteiger partial charge in [-0.2, -0.15) is 0 Å². The number of alkyl halides is 1. The van der Waals surface area contributed by atoms with Crippen LogP contribution in [0.5, 0.6) is 0 Å². The Bertz CT molecular complexity index is 142. The normalized spacial score (nSPS) is 13.4. The van der Waals surface area contributed by atoms with Gasteiger partial charge in [-0.15, -0.1) is 11.6 Å². The molecular formula is C5H8Cl4OP+. The zero-order chi connectivity index (χ0) is 8.91. The molecule has 0 rings (SSSR count). The van der Waals surface area contributed by atoms with Crippen molar-refractivity contribution in [3.63, 3.8) is 0 Å². The lowest BCUT2D eigenvalue weighted by Crippen LogP contribution is -1.85. The molecule has 0 spiro atoms. The van der Waals surface area contributed by atoms with Gasteiger partial charge in [-0.3, -0.25) is 0 Å². The third-order valence-electron chi connectivity index (χ3n) is 0.849. The Morgan fingerprint density at radius 1 is 1.45 bits per heavy atom. The zero-order valence-corrected chi connectivity index (χ0v) is 9.78. The molecule has 0 radical (unpaired) electrons. The van der Waals surface area contributed by atoms with E-state index in [1.165, 1.54) is 6.26 Å². The second-order valence-corrected chi connectivity index (χ2v) is 9.50. The summed E-state index contributed by atoms with van der Waals surface area (Å²) in [6.07, 6.45) is 1.42. The zero-order valence-electron chi connectivity index (χ0n) is 5.86. The monoisotopic (exact) mass is 255 g/mol. The van der Waals surface area contributed by atoms with Gasteiger partial charge in [0.05, 0.1) is 12.5 Å². The van der Waals surface area contributed by atoms with Crippen molar-refractivity contribution in [2.24, 2.45) is 0 Å². The van der Waals surface area contributed by atoms with Crippen molar-refractivity contribution in [2.45, 2.75) is 6.92 Å². The predicted octanol–water partition coefficient (Wildman–Crippen LogP) is 4.58. The molecule has 0 amide bonds. The van der Waals surface area contributed by atoms with Crippen molar-refractivity contribution >= 4 is 50.6 Å². The summed E-state index contributed by atoms with van der Waals surface area (Å²) in [5.74, 6) is 0.199. The van der Waals surface area contributed by atoms with Crippen LogP contribution in [0, 0.1) is 0 Å². The minimum atomic E-state index is -2.53. The summed E-state index contributed by atoms with van der Waals surface area (Å²) >= 11 is 22.4. The van der Waals surface area contributed by atoms with Gasteiger partial charge in [-0.05, 0) is 6.92 Å². The van der Waals surface area contributed by atoms with Crippen molar-refractivity contribution < 1.29 is 4.74 Å². The maximum absolute atomic E-state index is 5.64. The van der Waals surface area contributed by atoms with Gasteiger partial charge in [0.15, 0.2) is 5.31 Å². The molecule has 0 saturated heterocycles. The maximum atomic E-state index is 5.64. The second kappa shape index (κ2) is 5.72. The Morgan fingerprint density at radius 3 is 2.27 bits per heavy atom. The van der Waals surface area contributed by atoms with Crippen molar-refractivity contribution in [3.8, 4) is 0 Å². The first kappa shape index (κ1) is 12.1. The molecule has 0 aliphatic rings. The van der Waals surface area contributed by atoms with E-state index in [4.69, 9.17) is 50.1 Å². The first-order valence-corrected chi connectivity index (χ1v) is 7.91. The second-order valence-electron chi connectivity index (χ2n) is 1.64. The van der Waals surface area contributed by atoms with Crippen LogP contribution in [-0.4, -0.2) is 12.5 Å². The molecule has 0 heterocycles. The largest absolute Gasteiger partial charge is 0.498 e. The average molecular weight is 257 g/mol. The smallest absolute Gasteiger partial charge is 0.339 e. The third-order valence-corrected chi connectivity index (χ3v) is 4.19. The molecule has 0 unspecified atom stereocenters. The van der Waals surface area contributed by atoms with E-state index in [0.717, 1.165) is 0 Å². The molecule has 0 aromatic rings. The van der Waals surface area contributed by atoms with E-state index in [-0.39, 0.29) is 5.88 Å². The predicted molar refractivity (Wildman–Crippen MR) is 54.9 cm³/mol. The van der Waals surface area contributed by atoms with Crippen LogP contribution in [0.1, 0.15) is 6.92 Å². The fourth-order valence-electron chi connectivity index (χ4n) is 0.339. The van der Waals surface area contributed by atoms with E-state index in [1.807, 2.05) is 6.92 Å². The number of hydrogen-bond donors (Lipinski definition) is 0. The van der Waals surface area contributed by atoms with Gasteiger partial charge < -0.3 is 4.74 Å². The van der Waals surface area contributed by atoms with Gasteiger partial charge in [0.2, 0.25) is 0 Å². The van der Waals surface area contributed by atoms with Gasteiger partial charge in [0.25, 0.3) is 0 Å². The number of ether oxygens (including phenoxy) is 1. The highest BCUT2D eigenvalue weighted by Gasteiger charge is 2.39. The molecule has 0 fully saturated rings. The number of allylic oxidation sites excluding steroid dienone is 1. The molecular weight excluding hydrogens is 249 g/mol. The average Bonchev–Trinajstić information content (AvgIpc) is 1.87. The maximum Gasteiger partial charge on any atom is 0.339 e. The first-order valence-electron chi connectivity index (χ1n) is 2.87. The molecule has 0 aromatic carbocycles. The lowest BCUT2D eigenvalue weighted by atomic mass is 10.7. The van der Waals surface area contributed by atoms with Crippen LogP contribution >= 0.6 is 50.6 Å². The molecule has 0 atom stereocenters. The topological polar surface area (TPSA) is 9.23 Å². The van der Waals surface area contributed by atoms with Crippen molar-refractivity contribution in [2.75, 3.05) is 12.5 Å². The number of halogens is 4. The fourth-order valence-corrected chi connectivity index (χ4v) is 2.72. The van der Waals surface area contributed by atoms with Gasteiger partial charge in [0, 0.05) is 0 Å². The molecule has 0 aliphatic carbocycles. The summed E-state index contributed by atoms with van der Waals surface area (Å²) in [4.78, 5) is 0. The quantitative estimate of drug-likeness (QED) is 0.406. The van der Waals surface area contributed by atoms with E-state index in [9.17, 15) is 0 Å². The van der Waals surface area contributed by atoms with Crippen LogP contribution in [0.2, 0.25) is 0 Å². The molecule has 1 nitrogen and oxygen atoms in total. The number of hydrogen-bond acceptors (Lipinski definition) is 1. The van der Waals surface area contributed by atoms with Crippen molar-refractivity contribution in [1.29, 1.82) is 0 Å². The Morgan fingerprint density at radius 2 is 2.00 bits per heavy atom. The van der Waals surface area contributed by atoms with Crippen LogP contribution in [0.25, 0.3) is 0 Å². The Balaban J connectivity index is 4.16. The van der Waals surface area contributed by atoms with E-state index >= 15 is 0 Å². The van der Waals surface area contributed by atoms with Gasteiger partial charge in [-0.1, -0.05) is 0 Å². The summed E-state index contributed by atoms with van der Waals surface area (Å²) in [6, 6.07) is 0. The SMILES string of the molecule is CCO/C=C(\CCl)[P+](Cl)(Cl)Cl. The highest BCUT2D eigenvalue weighted by molar-refractivity contribution is 8.35. The highest BCUT2D eigenvalue weighted by atomic mass is 36.1. The Labute approximate surface area is 86.3 Å². The molecule has 6 heteroatoms. The van der Waals surface area contributed by atoms with Crippen LogP contribution in [-0.2, 0) is 4.74 Å². The van der Waals surface area contributed by atoms with Crippen LogP contribution < -0.4 is 0 Å². The molecule has 0 aliphatic heterocycles. The van der Waals surface area contributed by atoms with Crippen molar-refractivity contribution in [3.05, 3.63) is 11.6 Å². The van der Waals surface area contributed by atoms with E-state index in [2.05, 4.69) is 0 Å². The summed E-state index contributed by atoms with van der Waals surface area (Å²) in [5.41, 5.74) is 0. The molecule has 66 valence electrons. The van der Waals surface area contributed by atoms with E-state index in [1.54, 1.807) is 0 Å². The molecule has 0 aromatic heterocycles. The van der Waals surface area contributed by atoms with Gasteiger partial charge >= 0.3 is 5.32 Å². The lowest BCUT2D eigenvalue weighted by Gasteiger charge is -2.01. The first-order chi connectivity index (χ1) is 5.02. The summed E-state index contributed by atoms with van der Waals surface area (Å²) < 4.78 is 4.94. The summed E-state index contributed by atoms with van der Waals surface area (Å²) in [5, 5.41) is -1.99. The molecule has 0 saturated carbocycles. The summed E-state index contributed by atoms with van der Waals surface area (Å²) in [6.45, 7) is 2.39. The van der Waals surface area contributed by atoms with Crippen LogP contribution in [0.4, 0.5) is 0 Å². The fraction of sp³-hybridized carbons (Fsp3) is 0.600. The minimum absolute atomic E-state index is 0.199. The molecule has 11 heavy (non-hydrogen) atoms. The van der Waals surface area contributed by atoms with Crippen molar-refractivity contribution in [1.82, 2.24) is 0 Å². The van der Waals surface area contributed by atoms with Gasteiger partial charge in [0.1, 0.15) is 40.0 Å². The van der Waals surface area contributed by atoms with Crippen LogP contribution in [0.3, 0.4) is 0 Å². The summed E-state index contributed by atoms with van der Waals surface area (Å²) in [7, 11) is 0. The highest BCUT2D eigenvalue weighted by Crippen LogP contribution is 2.79. The minimum Gasteiger partial charge on any atom is -0.498 e. The Hall–Kier alpha value is 1.13. The third kappa shape index (κ3) is 5.38. The Kier molecular flexibility index (Phi) is 6.31. The molecule has 0 bridgehead atoms. The standard InChI is InChI=1S/C5H8Cl4OP/c1-2-10-4-5(3-6)11(7,8)9/h4H,2-3H2,1H3/q+1/b5-4+. The van der Waals surface area contributed by atoms with E-state index in [0.29, 0.717) is 11.9 Å². The molecule has 0 N–H and O–H groups in total. The van der Waals surface area contributed by atoms with Gasteiger partial charge in [-0.25, -0.2) is 0 Å². The lowest BCUT2D eigenvalue weighted by molar-refractivity contribution is 0.268. The van der Waals surface area contributed by atoms with E-state index < -0.39 is 5.32 Å².